The molecule has 0 bridgehead atoms. The molecule has 10 N–H and O–H groups in total. The minimum Gasteiger partial charge on any atom is -0.481 e. The van der Waals surface area contributed by atoms with Crippen molar-refractivity contribution < 1.29 is 57.8 Å². The van der Waals surface area contributed by atoms with E-state index in [0.717, 1.165) is 44.9 Å². The van der Waals surface area contributed by atoms with E-state index in [-0.39, 0.29) is 56.3 Å². The summed E-state index contributed by atoms with van der Waals surface area (Å²) in [6.07, 6.45) is 5.41. The van der Waals surface area contributed by atoms with Crippen LogP contribution in [0.25, 0.3) is 0 Å². The third kappa shape index (κ3) is 25.9. The Morgan fingerprint density at radius 3 is 1.40 bits per heavy atom. The number of primary amides is 1. The van der Waals surface area contributed by atoms with E-state index in [1.54, 1.807) is 41.5 Å². The number of carboxylic acid groups (broad SMARTS) is 1. The Morgan fingerprint density at radius 1 is 0.542 bits per heavy atom. The average molecular weight is 1020 g/mol. The number of hydrogen-bond acceptors (Lipinski definition) is 11. The molecule has 0 aromatic carbocycles. The van der Waals surface area contributed by atoms with E-state index in [4.69, 9.17) is 10.5 Å². The Bertz CT molecular complexity index is 1790. The highest BCUT2D eigenvalue weighted by Gasteiger charge is 2.37. The Kier molecular flexibility index (Phi) is 30.0. The van der Waals surface area contributed by atoms with Gasteiger partial charge in [0.2, 0.25) is 47.3 Å². The van der Waals surface area contributed by atoms with Crippen molar-refractivity contribution in [1.29, 1.82) is 0 Å². The van der Waals surface area contributed by atoms with Gasteiger partial charge in [0, 0.05) is 6.42 Å². The molecule has 0 spiro atoms. The number of cyclic esters (lactones) is 1. The molecule has 72 heavy (non-hydrogen) atoms. The molecule has 412 valence electrons. The van der Waals surface area contributed by atoms with Gasteiger partial charge in [0.25, 0.3) is 0 Å². The molecule has 1 fully saturated rings. The molecule has 2 unspecified atom stereocenters. The molecule has 20 nitrogen and oxygen atoms in total. The van der Waals surface area contributed by atoms with E-state index in [9.17, 15) is 53.1 Å². The number of rotatable bonds is 23. The standard InChI is InChI=1S/C52H92N8O12/c1-13-34(12)20-18-16-14-15-17-19-21-35-27-42(62)54-36(22-23-41(53)61)46(65)55-37(24-29(2)3)47(66)56-38(25-30(4)5)49(68)59-44(32(8)9)51(70)58-40(28-43(63)64)48(67)57-39(26-31(6)7)50(69)60-45(33(10)11)52(71)72-35/h29-40,44-45H,13-28H2,1-12H3,(H2,53,61)(H,54,62)(H,55,65)(H,56,66)(H,57,67)(H,58,70)(H,59,68)(H,60,69)(H,63,64)/t34?,35?,36-,37-,38+,39+,40-,44-,45-/m0/s1. The largest absolute Gasteiger partial charge is 0.481 e. The van der Waals surface area contributed by atoms with E-state index in [0.29, 0.717) is 12.3 Å². The summed E-state index contributed by atoms with van der Waals surface area (Å²) < 4.78 is 6.02. The molecule has 1 saturated heterocycles. The van der Waals surface area contributed by atoms with Crippen molar-refractivity contribution in [2.45, 2.75) is 234 Å². The first kappa shape index (κ1) is 64.7. The second-order valence-corrected chi connectivity index (χ2v) is 21.8. The van der Waals surface area contributed by atoms with Crippen LogP contribution in [0.5, 0.6) is 0 Å². The van der Waals surface area contributed by atoms with Crippen LogP contribution in [0.3, 0.4) is 0 Å². The second kappa shape index (κ2) is 33.4. The van der Waals surface area contributed by atoms with Crippen molar-refractivity contribution in [1.82, 2.24) is 37.2 Å². The molecule has 1 rings (SSSR count). The van der Waals surface area contributed by atoms with Gasteiger partial charge in [-0.15, -0.1) is 0 Å². The van der Waals surface area contributed by atoms with Crippen molar-refractivity contribution in [2.24, 2.45) is 41.2 Å². The molecule has 0 radical (unpaired) electrons. The van der Waals surface area contributed by atoms with Crippen LogP contribution in [-0.2, 0) is 52.7 Å². The molecule has 0 aromatic heterocycles. The third-order valence-corrected chi connectivity index (χ3v) is 12.7. The molecule has 1 aliphatic rings. The number of ether oxygens (including phenoxy) is 1. The van der Waals surface area contributed by atoms with E-state index >= 15 is 0 Å². The predicted molar refractivity (Wildman–Crippen MR) is 273 cm³/mol. The minimum absolute atomic E-state index is 0.0434. The monoisotopic (exact) mass is 1020 g/mol. The number of carbonyl (C=O) groups excluding carboxylic acids is 9. The maximum absolute atomic E-state index is 14.1. The Morgan fingerprint density at radius 2 is 0.958 bits per heavy atom. The summed E-state index contributed by atoms with van der Waals surface area (Å²) in [6.45, 7) is 21.8. The van der Waals surface area contributed by atoms with Gasteiger partial charge in [-0.1, -0.05) is 128 Å². The van der Waals surface area contributed by atoms with Gasteiger partial charge in [-0.3, -0.25) is 43.2 Å². The van der Waals surface area contributed by atoms with Crippen LogP contribution >= 0.6 is 0 Å². The summed E-state index contributed by atoms with van der Waals surface area (Å²) in [5.41, 5.74) is 5.48. The molecule has 8 amide bonds. The van der Waals surface area contributed by atoms with Crippen LogP contribution in [0.15, 0.2) is 0 Å². The summed E-state index contributed by atoms with van der Waals surface area (Å²) in [6, 6.07) is -9.50. The van der Waals surface area contributed by atoms with Crippen molar-refractivity contribution >= 4 is 59.2 Å². The number of carbonyl (C=O) groups is 10. The molecular weight excluding hydrogens is 929 g/mol. The van der Waals surface area contributed by atoms with E-state index < -0.39 is 132 Å². The maximum atomic E-state index is 14.1. The molecule has 9 atom stereocenters. The van der Waals surface area contributed by atoms with Gasteiger partial charge in [0.05, 0.1) is 12.8 Å². The maximum Gasteiger partial charge on any atom is 0.329 e. The quantitative estimate of drug-likeness (QED) is 0.0517. The predicted octanol–water partition coefficient (Wildman–Crippen LogP) is 4.05. The Hall–Kier alpha value is -5.30. The average Bonchev–Trinajstić information content (AvgIpc) is 3.26. The van der Waals surface area contributed by atoms with Crippen LogP contribution in [0.2, 0.25) is 0 Å². The number of aliphatic carboxylic acids is 1. The first-order valence-electron chi connectivity index (χ1n) is 26.5. The number of nitrogens with one attached hydrogen (secondary N) is 7. The third-order valence-electron chi connectivity index (χ3n) is 12.7. The molecule has 1 aliphatic heterocycles. The molecule has 0 aromatic rings. The number of esters is 1. The normalized spacial score (nSPS) is 24.6. The van der Waals surface area contributed by atoms with Crippen LogP contribution in [0.4, 0.5) is 0 Å². The van der Waals surface area contributed by atoms with Crippen molar-refractivity contribution in [3.8, 4) is 0 Å². The SMILES string of the molecule is CCC(C)CCCCCCCCC1CC(=O)N[C@@H](CCC(N)=O)C(=O)N[C@@H](CC(C)C)C(=O)N[C@H](CC(C)C)C(=O)N[C@@H](C(C)C)C(=O)N[C@@H](CC(=O)O)C(=O)N[C@H](CC(C)C)C(=O)N[C@@H](C(C)C)C(=O)O1. The van der Waals surface area contributed by atoms with E-state index in [1.807, 2.05) is 27.7 Å². The zero-order valence-electron chi connectivity index (χ0n) is 45.4. The smallest absolute Gasteiger partial charge is 0.329 e. The van der Waals surface area contributed by atoms with Crippen LogP contribution in [-0.4, -0.2) is 113 Å². The molecule has 1 heterocycles. The van der Waals surface area contributed by atoms with Crippen molar-refractivity contribution in [2.75, 3.05) is 0 Å². The lowest BCUT2D eigenvalue weighted by molar-refractivity contribution is -0.156. The number of hydrogen-bond donors (Lipinski definition) is 9. The van der Waals surface area contributed by atoms with Gasteiger partial charge in [-0.2, -0.15) is 0 Å². The number of unbranched alkanes of at least 4 members (excludes halogenated alkanes) is 5. The fourth-order valence-corrected chi connectivity index (χ4v) is 8.34. The summed E-state index contributed by atoms with van der Waals surface area (Å²) in [5.74, 6) is -9.83. The summed E-state index contributed by atoms with van der Waals surface area (Å²) in [4.78, 5) is 137. The fourth-order valence-electron chi connectivity index (χ4n) is 8.34. The first-order valence-corrected chi connectivity index (χ1v) is 26.5. The van der Waals surface area contributed by atoms with E-state index in [1.165, 1.54) is 0 Å². The van der Waals surface area contributed by atoms with Gasteiger partial charge in [-0.05, 0) is 74.0 Å². The zero-order valence-corrected chi connectivity index (χ0v) is 45.4. The second-order valence-electron chi connectivity index (χ2n) is 21.8. The van der Waals surface area contributed by atoms with Gasteiger partial charge >= 0.3 is 11.9 Å². The topological polar surface area (TPSA) is 310 Å². The molecule has 0 aliphatic carbocycles. The van der Waals surface area contributed by atoms with E-state index in [2.05, 4.69) is 51.1 Å². The summed E-state index contributed by atoms with van der Waals surface area (Å²) in [5, 5.41) is 28.3. The number of nitrogens with two attached hydrogens (primary N) is 1. The van der Waals surface area contributed by atoms with Gasteiger partial charge in [0.1, 0.15) is 48.4 Å². The number of carboxylic acids is 1. The lowest BCUT2D eigenvalue weighted by Gasteiger charge is -2.29. The minimum atomic E-state index is -1.72. The van der Waals surface area contributed by atoms with Crippen molar-refractivity contribution in [3.63, 3.8) is 0 Å². The van der Waals surface area contributed by atoms with Gasteiger partial charge < -0.3 is 52.8 Å². The van der Waals surface area contributed by atoms with Gasteiger partial charge in [-0.25, -0.2) is 4.79 Å². The molecule has 20 heteroatoms. The summed E-state index contributed by atoms with van der Waals surface area (Å²) >= 11 is 0. The molecule has 0 saturated carbocycles. The fraction of sp³-hybridized carbons (Fsp3) is 0.808. The summed E-state index contributed by atoms with van der Waals surface area (Å²) in [7, 11) is 0. The highest BCUT2D eigenvalue weighted by molar-refractivity contribution is 5.98. The first-order chi connectivity index (χ1) is 33.6. The van der Waals surface area contributed by atoms with Crippen LogP contribution < -0.4 is 43.0 Å². The zero-order chi connectivity index (χ0) is 54.8. The highest BCUT2D eigenvalue weighted by atomic mass is 16.5. The lowest BCUT2D eigenvalue weighted by atomic mass is 9.98. The Labute approximate surface area is 428 Å². The van der Waals surface area contributed by atoms with Gasteiger partial charge in [0.15, 0.2) is 0 Å². The molecular formula is C52H92N8O12. The Balaban J connectivity index is 3.93. The lowest BCUT2D eigenvalue weighted by Crippen LogP contribution is -2.61. The van der Waals surface area contributed by atoms with Crippen LogP contribution in [0.1, 0.15) is 186 Å². The highest BCUT2D eigenvalue weighted by Crippen LogP contribution is 2.19. The van der Waals surface area contributed by atoms with Crippen LogP contribution in [0, 0.1) is 35.5 Å². The van der Waals surface area contributed by atoms with Crippen molar-refractivity contribution in [3.05, 3.63) is 0 Å². The number of amides is 8.